The molecule has 1 aliphatic rings. The van der Waals surface area contributed by atoms with Gasteiger partial charge in [-0.1, -0.05) is 5.16 Å². The van der Waals surface area contributed by atoms with Gasteiger partial charge in [0.2, 0.25) is 5.91 Å². The van der Waals surface area contributed by atoms with Crippen molar-refractivity contribution in [1.82, 2.24) is 9.80 Å². The summed E-state index contributed by atoms with van der Waals surface area (Å²) >= 11 is 0. The van der Waals surface area contributed by atoms with E-state index in [1.807, 2.05) is 4.90 Å². The summed E-state index contributed by atoms with van der Waals surface area (Å²) in [5, 5.41) is 11.3. The van der Waals surface area contributed by atoms with Crippen LogP contribution in [0.2, 0.25) is 0 Å². The van der Waals surface area contributed by atoms with Crippen molar-refractivity contribution in [3.05, 3.63) is 0 Å². The number of amides is 1. The number of nitrogens with zero attached hydrogens (tertiary/aromatic N) is 3. The summed E-state index contributed by atoms with van der Waals surface area (Å²) in [6.07, 6.45) is 1.04. The monoisotopic (exact) mass is 278 g/mol. The van der Waals surface area contributed by atoms with Crippen LogP contribution in [0, 0.1) is 0 Å². The molecule has 0 bridgehead atoms. The number of rotatable bonds is 4. The van der Waals surface area contributed by atoms with Gasteiger partial charge in [0.05, 0.1) is 6.54 Å². The molecule has 0 atom stereocenters. The van der Waals surface area contributed by atoms with Gasteiger partial charge in [-0.15, -0.1) is 0 Å². The highest BCUT2D eigenvalue weighted by Gasteiger charge is 2.23. The van der Waals surface area contributed by atoms with Crippen molar-refractivity contribution in [3.63, 3.8) is 0 Å². The molecule has 1 heterocycles. The van der Waals surface area contributed by atoms with Crippen molar-refractivity contribution in [2.24, 2.45) is 10.9 Å². The molecule has 104 valence electrons. The Labute approximate surface area is 106 Å². The predicted molar refractivity (Wildman–Crippen MR) is 66.1 cm³/mol. The average Bonchev–Trinajstić information content (AvgIpc) is 2.27. The van der Waals surface area contributed by atoms with Gasteiger partial charge in [-0.2, -0.15) is 0 Å². The highest BCUT2D eigenvalue weighted by Crippen LogP contribution is 2.03. The normalized spacial score (nSPS) is 18.9. The maximum Gasteiger partial charge on any atom is 0.237 e. The second-order valence-corrected chi connectivity index (χ2v) is 6.46. The van der Waals surface area contributed by atoms with Crippen LogP contribution in [0.5, 0.6) is 0 Å². The molecule has 8 nitrogen and oxygen atoms in total. The van der Waals surface area contributed by atoms with Crippen molar-refractivity contribution in [3.8, 4) is 0 Å². The molecule has 0 aliphatic carbocycles. The minimum Gasteiger partial charge on any atom is -0.409 e. The lowest BCUT2D eigenvalue weighted by Gasteiger charge is -2.34. The Morgan fingerprint density at radius 3 is 2.33 bits per heavy atom. The molecule has 18 heavy (non-hydrogen) atoms. The lowest BCUT2D eigenvalue weighted by Crippen LogP contribution is -2.51. The maximum atomic E-state index is 11.6. The van der Waals surface area contributed by atoms with Gasteiger partial charge < -0.3 is 15.8 Å². The van der Waals surface area contributed by atoms with E-state index in [1.54, 1.807) is 0 Å². The van der Waals surface area contributed by atoms with Crippen molar-refractivity contribution in [1.29, 1.82) is 0 Å². The highest BCUT2D eigenvalue weighted by atomic mass is 32.2. The van der Waals surface area contributed by atoms with Crippen LogP contribution >= 0.6 is 0 Å². The fourth-order valence-electron chi connectivity index (χ4n) is 1.73. The van der Waals surface area contributed by atoms with Gasteiger partial charge in [-0.05, 0) is 0 Å². The zero-order chi connectivity index (χ0) is 13.8. The first-order chi connectivity index (χ1) is 8.31. The van der Waals surface area contributed by atoms with E-state index in [0.717, 1.165) is 6.26 Å². The third kappa shape index (κ3) is 4.88. The molecule has 1 saturated heterocycles. The number of oxime groups is 1. The molecule has 0 radical (unpaired) electrons. The van der Waals surface area contributed by atoms with Crippen LogP contribution in [0.15, 0.2) is 5.16 Å². The second kappa shape index (κ2) is 6.01. The van der Waals surface area contributed by atoms with Gasteiger partial charge in [0.25, 0.3) is 0 Å². The summed E-state index contributed by atoms with van der Waals surface area (Å²) in [5.41, 5.74) is 5.38. The van der Waals surface area contributed by atoms with Crippen LogP contribution in [0.1, 0.15) is 0 Å². The zero-order valence-corrected chi connectivity index (χ0v) is 11.1. The number of hydrogen-bond acceptors (Lipinski definition) is 6. The van der Waals surface area contributed by atoms with Crippen molar-refractivity contribution >= 4 is 21.6 Å². The van der Waals surface area contributed by atoms with Crippen LogP contribution in [0.4, 0.5) is 0 Å². The largest absolute Gasteiger partial charge is 0.409 e. The zero-order valence-electron chi connectivity index (χ0n) is 10.2. The van der Waals surface area contributed by atoms with Crippen LogP contribution in [0.3, 0.4) is 0 Å². The molecule has 3 N–H and O–H groups in total. The first kappa shape index (κ1) is 14.7. The van der Waals surface area contributed by atoms with Gasteiger partial charge in [-0.3, -0.25) is 9.69 Å². The van der Waals surface area contributed by atoms with Crippen molar-refractivity contribution in [2.75, 3.05) is 44.7 Å². The van der Waals surface area contributed by atoms with E-state index >= 15 is 0 Å². The molecule has 0 aromatic rings. The van der Waals surface area contributed by atoms with Gasteiger partial charge in [0.1, 0.15) is 5.75 Å². The van der Waals surface area contributed by atoms with E-state index in [1.165, 1.54) is 4.90 Å². The molecule has 1 aliphatic heterocycles. The Bertz CT molecular complexity index is 426. The molecule has 1 amide bonds. The van der Waals surface area contributed by atoms with Gasteiger partial charge in [0, 0.05) is 32.4 Å². The summed E-state index contributed by atoms with van der Waals surface area (Å²) < 4.78 is 22.0. The van der Waals surface area contributed by atoms with E-state index in [9.17, 15) is 13.2 Å². The quantitative estimate of drug-likeness (QED) is 0.264. The summed E-state index contributed by atoms with van der Waals surface area (Å²) in [6, 6.07) is 0. The molecular formula is C9H18N4O4S. The number of amidine groups is 1. The van der Waals surface area contributed by atoms with Crippen LogP contribution < -0.4 is 5.73 Å². The number of carbonyl (C=O) groups excluding carboxylic acids is 1. The number of nitrogens with two attached hydrogens (primary N) is 1. The summed E-state index contributed by atoms with van der Waals surface area (Å²) in [4.78, 5) is 15.1. The topological polar surface area (TPSA) is 116 Å². The fraction of sp³-hybridized carbons (Fsp3) is 0.778. The van der Waals surface area contributed by atoms with Crippen LogP contribution in [-0.4, -0.2) is 79.9 Å². The third-order valence-electron chi connectivity index (χ3n) is 2.62. The molecule has 1 fully saturated rings. The summed E-state index contributed by atoms with van der Waals surface area (Å²) in [6.45, 7) is 2.39. The average molecular weight is 278 g/mol. The van der Waals surface area contributed by atoms with Gasteiger partial charge >= 0.3 is 0 Å². The molecule has 0 unspecified atom stereocenters. The van der Waals surface area contributed by atoms with E-state index in [4.69, 9.17) is 10.9 Å². The van der Waals surface area contributed by atoms with Crippen molar-refractivity contribution < 1.29 is 18.4 Å². The minimum absolute atomic E-state index is 0.117. The first-order valence-electron chi connectivity index (χ1n) is 5.46. The lowest BCUT2D eigenvalue weighted by atomic mass is 10.3. The Hall–Kier alpha value is -1.35. The Morgan fingerprint density at radius 2 is 1.89 bits per heavy atom. The third-order valence-corrected chi connectivity index (χ3v) is 3.40. The number of sulfone groups is 1. The van der Waals surface area contributed by atoms with Gasteiger partial charge in [-0.25, -0.2) is 8.42 Å². The summed E-state index contributed by atoms with van der Waals surface area (Å²) in [5.74, 6) is -0.709. The molecule has 0 aromatic heterocycles. The fourth-order valence-corrected chi connectivity index (χ4v) is 2.36. The molecule has 9 heteroatoms. The van der Waals surface area contributed by atoms with Crippen LogP contribution in [-0.2, 0) is 14.6 Å². The Morgan fingerprint density at radius 1 is 1.33 bits per heavy atom. The van der Waals surface area contributed by atoms with Gasteiger partial charge in [0.15, 0.2) is 15.7 Å². The Kier molecular flexibility index (Phi) is 4.91. The SMILES string of the molecule is CS(=O)(=O)CC(=O)N1CCN(CC(N)=NO)CC1. The van der Waals surface area contributed by atoms with Crippen LogP contribution in [0.25, 0.3) is 0 Å². The molecule has 0 aromatic carbocycles. The minimum atomic E-state index is -3.29. The maximum absolute atomic E-state index is 11.6. The van der Waals surface area contributed by atoms with E-state index in [2.05, 4.69) is 5.16 Å². The second-order valence-electron chi connectivity index (χ2n) is 4.32. The number of piperazine rings is 1. The van der Waals surface area contributed by atoms with Crippen molar-refractivity contribution in [2.45, 2.75) is 0 Å². The molecule has 1 rings (SSSR count). The summed E-state index contributed by atoms with van der Waals surface area (Å²) in [7, 11) is -3.29. The molecule has 0 spiro atoms. The standard InChI is InChI=1S/C9H18N4O4S/c1-18(16,17)7-9(14)13-4-2-12(3-5-13)6-8(10)11-15/h15H,2-7H2,1H3,(H2,10,11). The van der Waals surface area contributed by atoms with E-state index in [0.29, 0.717) is 32.7 Å². The highest BCUT2D eigenvalue weighted by molar-refractivity contribution is 7.91. The number of hydrogen-bond donors (Lipinski definition) is 2. The molecule has 0 saturated carbocycles. The predicted octanol–water partition coefficient (Wildman–Crippen LogP) is -2.08. The number of carbonyl (C=O) groups is 1. The van der Waals surface area contributed by atoms with E-state index < -0.39 is 15.6 Å². The Balaban J connectivity index is 2.42. The first-order valence-corrected chi connectivity index (χ1v) is 7.52. The molecular weight excluding hydrogens is 260 g/mol. The smallest absolute Gasteiger partial charge is 0.237 e. The van der Waals surface area contributed by atoms with E-state index in [-0.39, 0.29) is 11.7 Å². The lowest BCUT2D eigenvalue weighted by molar-refractivity contribution is -0.130.